The molecule has 6 heteroatoms. The van der Waals surface area contributed by atoms with Crippen LogP contribution in [-0.2, 0) is 0 Å². The molecule has 0 heterocycles. The van der Waals surface area contributed by atoms with Crippen molar-refractivity contribution in [2.45, 2.75) is 13.3 Å². The highest BCUT2D eigenvalue weighted by molar-refractivity contribution is 7.80. The van der Waals surface area contributed by atoms with E-state index in [9.17, 15) is 10.1 Å². The first-order valence-electron chi connectivity index (χ1n) is 5.68. The molecule has 1 aromatic carbocycles. The number of nitro benzene ring substituents is 1. The number of rotatable bonds is 7. The molecule has 0 saturated heterocycles. The Kier molecular flexibility index (Phi) is 5.77. The molecule has 0 spiro atoms. The Morgan fingerprint density at radius 1 is 1.50 bits per heavy atom. The summed E-state index contributed by atoms with van der Waals surface area (Å²) in [6.45, 7) is 2.44. The normalized spacial score (nSPS) is 11.9. The van der Waals surface area contributed by atoms with Crippen molar-refractivity contribution in [3.8, 4) is 11.5 Å². The first-order valence-corrected chi connectivity index (χ1v) is 6.31. The first-order chi connectivity index (χ1) is 8.62. The van der Waals surface area contributed by atoms with E-state index in [-0.39, 0.29) is 17.4 Å². The quantitative estimate of drug-likeness (QED) is 0.470. The molecule has 1 rings (SSSR count). The lowest BCUT2D eigenvalue weighted by atomic mass is 10.1. The van der Waals surface area contributed by atoms with Crippen LogP contribution in [0.2, 0.25) is 0 Å². The maximum absolute atomic E-state index is 10.9. The van der Waals surface area contributed by atoms with Crippen LogP contribution in [0.25, 0.3) is 0 Å². The fraction of sp³-hybridized carbons (Fsp3) is 0.500. The van der Waals surface area contributed by atoms with Gasteiger partial charge in [-0.25, -0.2) is 0 Å². The lowest BCUT2D eigenvalue weighted by molar-refractivity contribution is -0.385. The molecule has 0 amide bonds. The molecule has 0 aromatic heterocycles. The molecule has 0 aliphatic rings. The Labute approximate surface area is 112 Å². The van der Waals surface area contributed by atoms with Gasteiger partial charge in [0.05, 0.1) is 18.6 Å². The van der Waals surface area contributed by atoms with Gasteiger partial charge in [0, 0.05) is 18.1 Å². The van der Waals surface area contributed by atoms with Crippen molar-refractivity contribution >= 4 is 18.3 Å². The van der Waals surface area contributed by atoms with E-state index in [1.54, 1.807) is 6.07 Å². The van der Waals surface area contributed by atoms with Crippen LogP contribution in [0.4, 0.5) is 5.69 Å². The van der Waals surface area contributed by atoms with Crippen molar-refractivity contribution in [2.24, 2.45) is 5.92 Å². The molecule has 100 valence electrons. The molecule has 18 heavy (non-hydrogen) atoms. The SMILES string of the molecule is CCC(CS)COc1cc(OC)ccc1[N+](=O)[O-]. The molecule has 0 aliphatic heterocycles. The van der Waals surface area contributed by atoms with Gasteiger partial charge in [0.1, 0.15) is 5.75 Å². The fourth-order valence-corrected chi connectivity index (χ4v) is 1.76. The zero-order chi connectivity index (χ0) is 13.5. The van der Waals surface area contributed by atoms with Crippen molar-refractivity contribution < 1.29 is 14.4 Å². The summed E-state index contributed by atoms with van der Waals surface area (Å²) in [5.74, 6) is 1.74. The third-order valence-electron chi connectivity index (χ3n) is 2.67. The van der Waals surface area contributed by atoms with E-state index in [0.29, 0.717) is 18.1 Å². The summed E-state index contributed by atoms with van der Waals surface area (Å²) >= 11 is 4.21. The number of ether oxygens (including phenoxy) is 2. The maximum atomic E-state index is 10.9. The largest absolute Gasteiger partial charge is 0.497 e. The van der Waals surface area contributed by atoms with Crippen molar-refractivity contribution in [3.05, 3.63) is 28.3 Å². The lowest BCUT2D eigenvalue weighted by Gasteiger charge is -2.13. The van der Waals surface area contributed by atoms with E-state index in [0.717, 1.165) is 6.42 Å². The second-order valence-corrected chi connectivity index (χ2v) is 4.22. The molecule has 1 atom stereocenters. The second-order valence-electron chi connectivity index (χ2n) is 3.86. The summed E-state index contributed by atoms with van der Waals surface area (Å²) < 4.78 is 10.5. The smallest absolute Gasteiger partial charge is 0.311 e. The Bertz CT molecular complexity index is 407. The van der Waals surface area contributed by atoms with Gasteiger partial charge in [-0.2, -0.15) is 12.6 Å². The van der Waals surface area contributed by atoms with E-state index < -0.39 is 4.92 Å². The average molecular weight is 271 g/mol. The van der Waals surface area contributed by atoms with Gasteiger partial charge < -0.3 is 9.47 Å². The third-order valence-corrected chi connectivity index (χ3v) is 3.19. The van der Waals surface area contributed by atoms with Crippen LogP contribution in [0.15, 0.2) is 18.2 Å². The highest BCUT2D eigenvalue weighted by atomic mass is 32.1. The number of hydrogen-bond donors (Lipinski definition) is 1. The molecular weight excluding hydrogens is 254 g/mol. The topological polar surface area (TPSA) is 61.6 Å². The number of nitro groups is 1. The monoisotopic (exact) mass is 271 g/mol. The van der Waals surface area contributed by atoms with E-state index >= 15 is 0 Å². The summed E-state index contributed by atoms with van der Waals surface area (Å²) in [6, 6.07) is 4.46. The molecule has 5 nitrogen and oxygen atoms in total. The van der Waals surface area contributed by atoms with Crippen LogP contribution < -0.4 is 9.47 Å². The van der Waals surface area contributed by atoms with Gasteiger partial charge in [-0.1, -0.05) is 6.92 Å². The van der Waals surface area contributed by atoms with Gasteiger partial charge in [0.25, 0.3) is 0 Å². The zero-order valence-electron chi connectivity index (χ0n) is 10.5. The Morgan fingerprint density at radius 3 is 2.72 bits per heavy atom. The Balaban J connectivity index is 2.87. The van der Waals surface area contributed by atoms with Gasteiger partial charge >= 0.3 is 5.69 Å². The van der Waals surface area contributed by atoms with Crippen LogP contribution >= 0.6 is 12.6 Å². The maximum Gasteiger partial charge on any atom is 0.311 e. The predicted octanol–water partition coefficient (Wildman–Crippen LogP) is 2.94. The first kappa shape index (κ1) is 14.6. The van der Waals surface area contributed by atoms with Gasteiger partial charge in [-0.3, -0.25) is 10.1 Å². The van der Waals surface area contributed by atoms with Crippen molar-refractivity contribution in [1.82, 2.24) is 0 Å². The lowest BCUT2D eigenvalue weighted by Crippen LogP contribution is -2.13. The highest BCUT2D eigenvalue weighted by Crippen LogP contribution is 2.31. The molecule has 0 radical (unpaired) electrons. The minimum Gasteiger partial charge on any atom is -0.497 e. The summed E-state index contributed by atoms with van der Waals surface area (Å²) in [7, 11) is 1.51. The van der Waals surface area contributed by atoms with Gasteiger partial charge in [0.2, 0.25) is 5.75 Å². The summed E-state index contributed by atoms with van der Waals surface area (Å²) in [5, 5.41) is 10.9. The van der Waals surface area contributed by atoms with Crippen LogP contribution in [0.1, 0.15) is 13.3 Å². The van der Waals surface area contributed by atoms with E-state index in [2.05, 4.69) is 12.6 Å². The standard InChI is InChI=1S/C12H17NO4S/c1-3-9(8-18)7-17-12-6-10(16-2)4-5-11(12)13(14)15/h4-6,9,18H,3,7-8H2,1-2H3. The van der Waals surface area contributed by atoms with Crippen LogP contribution in [0, 0.1) is 16.0 Å². The average Bonchev–Trinajstić information content (AvgIpc) is 2.39. The third kappa shape index (κ3) is 3.80. The molecule has 0 bridgehead atoms. The van der Waals surface area contributed by atoms with E-state index in [1.807, 2.05) is 6.92 Å². The fourth-order valence-electron chi connectivity index (χ4n) is 1.40. The van der Waals surface area contributed by atoms with Crippen molar-refractivity contribution in [2.75, 3.05) is 19.5 Å². The van der Waals surface area contributed by atoms with Gasteiger partial charge in [-0.05, 0) is 18.2 Å². The Hall–Kier alpha value is -1.43. The molecule has 1 unspecified atom stereocenters. The number of thiol groups is 1. The zero-order valence-corrected chi connectivity index (χ0v) is 11.4. The van der Waals surface area contributed by atoms with Crippen LogP contribution in [0.5, 0.6) is 11.5 Å². The molecular formula is C12H17NO4S. The second kappa shape index (κ2) is 7.10. The van der Waals surface area contributed by atoms with Crippen LogP contribution in [-0.4, -0.2) is 24.4 Å². The van der Waals surface area contributed by atoms with Gasteiger partial charge in [0.15, 0.2) is 0 Å². The highest BCUT2D eigenvalue weighted by Gasteiger charge is 2.17. The number of benzene rings is 1. The number of nitrogens with zero attached hydrogens (tertiary/aromatic N) is 1. The summed E-state index contributed by atoms with van der Waals surface area (Å²) in [6.07, 6.45) is 0.918. The number of methoxy groups -OCH3 is 1. The van der Waals surface area contributed by atoms with Crippen LogP contribution in [0.3, 0.4) is 0 Å². The molecule has 0 fully saturated rings. The molecule has 0 N–H and O–H groups in total. The Morgan fingerprint density at radius 2 is 2.22 bits per heavy atom. The predicted molar refractivity (Wildman–Crippen MR) is 72.8 cm³/mol. The minimum atomic E-state index is -0.462. The minimum absolute atomic E-state index is 0.0511. The van der Waals surface area contributed by atoms with Crippen molar-refractivity contribution in [3.63, 3.8) is 0 Å². The molecule has 1 aromatic rings. The molecule has 0 aliphatic carbocycles. The van der Waals surface area contributed by atoms with E-state index in [4.69, 9.17) is 9.47 Å². The van der Waals surface area contributed by atoms with Gasteiger partial charge in [-0.15, -0.1) is 0 Å². The van der Waals surface area contributed by atoms with Crippen molar-refractivity contribution in [1.29, 1.82) is 0 Å². The summed E-state index contributed by atoms with van der Waals surface area (Å²) in [5.41, 5.74) is -0.0511. The summed E-state index contributed by atoms with van der Waals surface area (Å²) in [4.78, 5) is 10.4. The van der Waals surface area contributed by atoms with E-state index in [1.165, 1.54) is 19.2 Å². The molecule has 0 saturated carbocycles. The number of hydrogen-bond acceptors (Lipinski definition) is 5.